The molecule has 0 amide bonds. The van der Waals surface area contributed by atoms with E-state index in [9.17, 15) is 9.90 Å². The third-order valence-electron chi connectivity index (χ3n) is 3.56. The molecule has 1 N–H and O–H groups in total. The van der Waals surface area contributed by atoms with Crippen molar-refractivity contribution in [2.24, 2.45) is 0 Å². The van der Waals surface area contributed by atoms with Crippen LogP contribution in [0, 0.1) is 0 Å². The maximum Gasteiger partial charge on any atom is 0.361 e. The standard InChI is InChI=1S/C13H23NO4Si/c1-8(2)10-11(9(12(15)16)14-17-10)18-19(6,7)13(3,4)5/h8H,1-7H3,(H,15,16). The van der Waals surface area contributed by atoms with Crippen molar-refractivity contribution in [1.29, 1.82) is 0 Å². The summed E-state index contributed by atoms with van der Waals surface area (Å²) in [5, 5.41) is 12.8. The Kier molecular flexibility index (Phi) is 4.14. The lowest BCUT2D eigenvalue weighted by Crippen LogP contribution is -2.44. The summed E-state index contributed by atoms with van der Waals surface area (Å²) >= 11 is 0. The van der Waals surface area contributed by atoms with Crippen LogP contribution in [-0.4, -0.2) is 24.5 Å². The number of carboxylic acids is 1. The fraction of sp³-hybridized carbons (Fsp3) is 0.692. The van der Waals surface area contributed by atoms with Gasteiger partial charge in [0.25, 0.3) is 8.32 Å². The van der Waals surface area contributed by atoms with Crippen LogP contribution < -0.4 is 4.43 Å². The maximum absolute atomic E-state index is 11.2. The zero-order chi connectivity index (χ0) is 15.0. The van der Waals surface area contributed by atoms with Crippen molar-refractivity contribution < 1.29 is 18.9 Å². The molecule has 0 bridgehead atoms. The number of hydrogen-bond acceptors (Lipinski definition) is 4. The van der Waals surface area contributed by atoms with E-state index in [-0.39, 0.29) is 16.7 Å². The average Bonchev–Trinajstić information content (AvgIpc) is 2.58. The Hall–Kier alpha value is -1.30. The summed E-state index contributed by atoms with van der Waals surface area (Å²) in [6.45, 7) is 14.3. The van der Waals surface area contributed by atoms with Gasteiger partial charge in [-0.05, 0) is 18.1 Å². The third kappa shape index (κ3) is 3.18. The molecule has 1 heterocycles. The number of hydrogen-bond donors (Lipinski definition) is 1. The van der Waals surface area contributed by atoms with Crippen molar-refractivity contribution in [2.45, 2.75) is 58.7 Å². The lowest BCUT2D eigenvalue weighted by Gasteiger charge is -2.36. The van der Waals surface area contributed by atoms with E-state index in [0.29, 0.717) is 11.5 Å². The number of aromatic nitrogens is 1. The molecule has 0 aliphatic rings. The molecule has 0 saturated carbocycles. The summed E-state index contributed by atoms with van der Waals surface area (Å²) in [5.74, 6) is -0.291. The average molecular weight is 285 g/mol. The highest BCUT2D eigenvalue weighted by Gasteiger charge is 2.41. The van der Waals surface area contributed by atoms with Gasteiger partial charge in [0.1, 0.15) is 0 Å². The van der Waals surface area contributed by atoms with E-state index in [2.05, 4.69) is 39.0 Å². The number of aromatic carboxylic acids is 1. The fourth-order valence-electron chi connectivity index (χ4n) is 1.31. The fourth-order valence-corrected chi connectivity index (χ4v) is 2.32. The van der Waals surface area contributed by atoms with Crippen LogP contribution in [0.25, 0.3) is 0 Å². The topological polar surface area (TPSA) is 72.6 Å². The Balaban J connectivity index is 3.26. The number of carbonyl (C=O) groups is 1. The third-order valence-corrected chi connectivity index (χ3v) is 7.89. The maximum atomic E-state index is 11.2. The van der Waals surface area contributed by atoms with E-state index < -0.39 is 14.3 Å². The zero-order valence-electron chi connectivity index (χ0n) is 12.7. The summed E-state index contributed by atoms with van der Waals surface area (Å²) in [7, 11) is -2.13. The molecule has 1 rings (SSSR count). The van der Waals surface area contributed by atoms with Gasteiger partial charge in [-0.2, -0.15) is 0 Å². The van der Waals surface area contributed by atoms with Gasteiger partial charge in [-0.25, -0.2) is 4.79 Å². The van der Waals surface area contributed by atoms with E-state index in [0.717, 1.165) is 0 Å². The quantitative estimate of drug-likeness (QED) is 0.850. The predicted octanol–water partition coefficient (Wildman–Crippen LogP) is 3.88. The molecule has 0 unspecified atom stereocenters. The molecule has 0 saturated heterocycles. The molecule has 0 aliphatic heterocycles. The Morgan fingerprint density at radius 1 is 1.37 bits per heavy atom. The molecule has 0 aliphatic carbocycles. The van der Waals surface area contributed by atoms with E-state index in [1.807, 2.05) is 13.8 Å². The van der Waals surface area contributed by atoms with Gasteiger partial charge in [-0.3, -0.25) is 0 Å². The van der Waals surface area contributed by atoms with Gasteiger partial charge < -0.3 is 14.1 Å². The summed E-state index contributed by atoms with van der Waals surface area (Å²) in [4.78, 5) is 11.2. The second-order valence-electron chi connectivity index (χ2n) is 6.55. The molecule has 19 heavy (non-hydrogen) atoms. The Morgan fingerprint density at radius 2 is 1.89 bits per heavy atom. The zero-order valence-corrected chi connectivity index (χ0v) is 13.7. The minimum absolute atomic E-state index is 0.0196. The number of rotatable bonds is 4. The van der Waals surface area contributed by atoms with Crippen molar-refractivity contribution >= 4 is 14.3 Å². The van der Waals surface area contributed by atoms with E-state index >= 15 is 0 Å². The van der Waals surface area contributed by atoms with Crippen LogP contribution in [0.15, 0.2) is 4.52 Å². The van der Waals surface area contributed by atoms with Crippen molar-refractivity contribution in [1.82, 2.24) is 5.16 Å². The molecule has 108 valence electrons. The first kappa shape index (κ1) is 15.8. The summed E-state index contributed by atoms with van der Waals surface area (Å²) in [6.07, 6.45) is 0. The summed E-state index contributed by atoms with van der Waals surface area (Å²) in [5.41, 5.74) is -0.131. The van der Waals surface area contributed by atoms with Crippen molar-refractivity contribution in [3.8, 4) is 5.75 Å². The number of carboxylic acid groups (broad SMARTS) is 1. The van der Waals surface area contributed by atoms with Gasteiger partial charge in [0, 0.05) is 5.92 Å². The Morgan fingerprint density at radius 3 is 2.26 bits per heavy atom. The monoisotopic (exact) mass is 285 g/mol. The predicted molar refractivity (Wildman–Crippen MR) is 75.4 cm³/mol. The van der Waals surface area contributed by atoms with Gasteiger partial charge in [0.2, 0.25) is 5.69 Å². The SMILES string of the molecule is CC(C)c1onc(C(=O)O)c1O[Si](C)(C)C(C)(C)C. The van der Waals surface area contributed by atoms with Gasteiger partial charge in [0.05, 0.1) is 0 Å². The Bertz CT molecular complexity index is 471. The normalized spacial score (nSPS) is 12.8. The Labute approximate surface area is 115 Å². The van der Waals surface area contributed by atoms with E-state index in [1.165, 1.54) is 0 Å². The second kappa shape index (κ2) is 5.00. The smallest absolute Gasteiger partial charge is 0.361 e. The minimum atomic E-state index is -2.13. The number of nitrogens with zero attached hydrogens (tertiary/aromatic N) is 1. The van der Waals surface area contributed by atoms with Gasteiger partial charge in [-0.15, -0.1) is 0 Å². The minimum Gasteiger partial charge on any atom is -0.539 e. The molecular formula is C13H23NO4Si. The molecule has 5 nitrogen and oxygen atoms in total. The lowest BCUT2D eigenvalue weighted by atomic mass is 10.1. The first-order valence-electron chi connectivity index (χ1n) is 6.39. The van der Waals surface area contributed by atoms with Gasteiger partial charge in [-0.1, -0.05) is 39.8 Å². The van der Waals surface area contributed by atoms with Gasteiger partial charge in [0.15, 0.2) is 11.5 Å². The molecule has 0 atom stereocenters. The van der Waals surface area contributed by atoms with Crippen LogP contribution in [0.2, 0.25) is 18.1 Å². The molecule has 0 radical (unpaired) electrons. The van der Waals surface area contributed by atoms with Crippen molar-refractivity contribution in [3.05, 3.63) is 11.5 Å². The molecule has 6 heteroatoms. The van der Waals surface area contributed by atoms with Gasteiger partial charge >= 0.3 is 5.97 Å². The van der Waals surface area contributed by atoms with Crippen molar-refractivity contribution in [2.75, 3.05) is 0 Å². The highest BCUT2D eigenvalue weighted by atomic mass is 28.4. The van der Waals surface area contributed by atoms with Crippen LogP contribution >= 0.6 is 0 Å². The first-order chi connectivity index (χ1) is 8.47. The van der Waals surface area contributed by atoms with Crippen LogP contribution in [0.1, 0.15) is 56.8 Å². The molecule has 0 aromatic carbocycles. The van der Waals surface area contributed by atoms with Crippen LogP contribution in [0.5, 0.6) is 5.75 Å². The highest BCUT2D eigenvalue weighted by molar-refractivity contribution is 6.74. The highest BCUT2D eigenvalue weighted by Crippen LogP contribution is 2.40. The van der Waals surface area contributed by atoms with Crippen LogP contribution in [0.3, 0.4) is 0 Å². The van der Waals surface area contributed by atoms with E-state index in [4.69, 9.17) is 8.95 Å². The molecular weight excluding hydrogens is 262 g/mol. The summed E-state index contributed by atoms with van der Waals surface area (Å²) < 4.78 is 11.2. The van der Waals surface area contributed by atoms with Crippen LogP contribution in [0.4, 0.5) is 0 Å². The van der Waals surface area contributed by atoms with E-state index in [1.54, 1.807) is 0 Å². The summed E-state index contributed by atoms with van der Waals surface area (Å²) in [6, 6.07) is 0. The lowest BCUT2D eigenvalue weighted by molar-refractivity contribution is 0.0683. The van der Waals surface area contributed by atoms with Crippen LogP contribution in [-0.2, 0) is 0 Å². The van der Waals surface area contributed by atoms with Crippen molar-refractivity contribution in [3.63, 3.8) is 0 Å². The molecule has 1 aromatic rings. The second-order valence-corrected chi connectivity index (χ2v) is 11.3. The molecule has 0 fully saturated rings. The largest absolute Gasteiger partial charge is 0.539 e. The first-order valence-corrected chi connectivity index (χ1v) is 9.30. The molecule has 1 aromatic heterocycles. The molecule has 0 spiro atoms.